The molecule has 6 rings (SSSR count). The molecule has 0 heterocycles. The fourth-order valence-electron chi connectivity index (χ4n) is 8.58. The molecule has 58 heavy (non-hydrogen) atoms. The first-order valence-electron chi connectivity index (χ1n) is 21.8. The molecule has 0 aliphatic heterocycles. The molecule has 306 valence electrons. The minimum absolute atomic E-state index is 0.371. The second-order valence-corrected chi connectivity index (χ2v) is 16.1. The minimum atomic E-state index is -0.922. The summed E-state index contributed by atoms with van der Waals surface area (Å²) in [7, 11) is 0. The third-order valence-electron chi connectivity index (χ3n) is 11.9. The summed E-state index contributed by atoms with van der Waals surface area (Å²) >= 11 is 0. The van der Waals surface area contributed by atoms with Crippen molar-refractivity contribution in [3.63, 3.8) is 0 Å². The van der Waals surface area contributed by atoms with Gasteiger partial charge in [0.05, 0.1) is 11.1 Å². The molecule has 0 unspecified atom stereocenters. The third-order valence-corrected chi connectivity index (χ3v) is 11.9. The van der Waals surface area contributed by atoms with Crippen LogP contribution in [0.1, 0.15) is 135 Å². The second kappa shape index (κ2) is 22.7. The van der Waals surface area contributed by atoms with E-state index in [4.69, 9.17) is 18.9 Å². The third kappa shape index (κ3) is 13.0. The second-order valence-electron chi connectivity index (χ2n) is 16.1. The average Bonchev–Trinajstić information content (AvgIpc) is 3.27. The van der Waals surface area contributed by atoms with Gasteiger partial charge < -0.3 is 18.9 Å². The molecular weight excluding hydrogens is 721 g/mol. The zero-order valence-electron chi connectivity index (χ0n) is 34.5. The number of allylic oxidation sites excluding steroid dienone is 2. The Morgan fingerprint density at radius 3 is 1.22 bits per heavy atom. The van der Waals surface area contributed by atoms with Gasteiger partial charge in [-0.05, 0) is 135 Å². The van der Waals surface area contributed by atoms with Gasteiger partial charge in [-0.3, -0.25) is 0 Å². The molecule has 0 amide bonds. The summed E-state index contributed by atoms with van der Waals surface area (Å²) < 4.78 is 24.4. The molecule has 4 aromatic carbocycles. The van der Waals surface area contributed by atoms with Crippen LogP contribution in [-0.2, 0) is 9.47 Å². The maximum Gasteiger partial charge on any atom is 0.338 e. The summed E-state index contributed by atoms with van der Waals surface area (Å²) in [5, 5.41) is 0. The van der Waals surface area contributed by atoms with Gasteiger partial charge in [-0.2, -0.15) is 0 Å². The number of ether oxygens (including phenoxy) is 4. The maximum absolute atomic E-state index is 13.8. The van der Waals surface area contributed by atoms with Crippen molar-refractivity contribution in [1.29, 1.82) is 0 Å². The number of hydrogen-bond donors (Lipinski definition) is 0. The molecule has 2 aliphatic carbocycles. The topological polar surface area (TPSA) is 71.1 Å². The van der Waals surface area contributed by atoms with Gasteiger partial charge in [0.1, 0.15) is 24.7 Å². The Balaban J connectivity index is 1.06. The van der Waals surface area contributed by atoms with Crippen molar-refractivity contribution in [3.8, 4) is 11.5 Å². The number of benzene rings is 4. The smallest absolute Gasteiger partial charge is 0.338 e. The standard InChI is InChI=1S/C52H62O6/c1-3-13-39-21-25-41(26-22-39)15-11-37-55-47-33-29-45(30-34-47)51(53)57-49(43-17-7-5-8-18-43)50(44-19-9-6-10-20-44)58-52(54)46-31-35-48(36-32-46)56-38-12-16-42-27-23-40(14-4-2)24-28-42/h5-12,15-20,29-36,39-42,49-50H,3-4,13-14,21-28,37-38H2,1-2H3/t39?,40?,41?,42?,49-,50-/m1/s1. The van der Waals surface area contributed by atoms with Gasteiger partial charge in [-0.1, -0.05) is 124 Å². The van der Waals surface area contributed by atoms with E-state index < -0.39 is 24.1 Å². The van der Waals surface area contributed by atoms with E-state index in [9.17, 15) is 9.59 Å². The van der Waals surface area contributed by atoms with E-state index in [0.717, 1.165) is 11.8 Å². The van der Waals surface area contributed by atoms with E-state index in [1.54, 1.807) is 48.5 Å². The average molecular weight is 783 g/mol. The molecule has 0 spiro atoms. The molecule has 0 saturated heterocycles. The van der Waals surface area contributed by atoms with Crippen LogP contribution in [0.3, 0.4) is 0 Å². The predicted octanol–water partition coefficient (Wildman–Crippen LogP) is 13.3. The normalized spacial score (nSPS) is 20.7. The Morgan fingerprint density at radius 1 is 0.517 bits per heavy atom. The number of hydrogen-bond acceptors (Lipinski definition) is 6. The van der Waals surface area contributed by atoms with E-state index in [1.165, 1.54) is 77.0 Å². The Kier molecular flexibility index (Phi) is 16.7. The van der Waals surface area contributed by atoms with Crippen LogP contribution in [0, 0.1) is 23.7 Å². The lowest BCUT2D eigenvalue weighted by molar-refractivity contribution is -0.0388. The largest absolute Gasteiger partial charge is 0.490 e. The molecule has 2 fully saturated rings. The first-order valence-corrected chi connectivity index (χ1v) is 21.8. The number of carbonyl (C=O) groups excluding carboxylic acids is 2. The van der Waals surface area contributed by atoms with E-state index in [2.05, 4.69) is 38.2 Å². The van der Waals surface area contributed by atoms with E-state index >= 15 is 0 Å². The Labute approximate surface area is 346 Å². The highest BCUT2D eigenvalue weighted by atomic mass is 16.6. The number of carbonyl (C=O) groups is 2. The Hall–Kier alpha value is -5.10. The van der Waals surface area contributed by atoms with Crippen molar-refractivity contribution >= 4 is 11.9 Å². The summed E-state index contributed by atoms with van der Waals surface area (Å²) in [5.41, 5.74) is 2.15. The molecular formula is C52H62O6. The molecule has 6 nitrogen and oxygen atoms in total. The molecule has 2 aliphatic rings. The van der Waals surface area contributed by atoms with Crippen molar-refractivity contribution in [2.24, 2.45) is 23.7 Å². The van der Waals surface area contributed by atoms with Crippen molar-refractivity contribution in [2.75, 3.05) is 13.2 Å². The quantitative estimate of drug-likeness (QED) is 0.0697. The first-order chi connectivity index (χ1) is 28.5. The highest BCUT2D eigenvalue weighted by Crippen LogP contribution is 2.37. The SMILES string of the molecule is CCCC1CCC(C=CCOc2ccc(C(=O)O[C@H](c3ccccc3)[C@H](OC(=O)c3ccc(OCC=CC4CCC(CCC)CC4)cc3)c3ccccc3)cc2)CC1. The summed E-state index contributed by atoms with van der Waals surface area (Å²) in [6, 6.07) is 32.8. The van der Waals surface area contributed by atoms with Gasteiger partial charge in [0, 0.05) is 0 Å². The fraction of sp³-hybridized carbons (Fsp3) is 0.423. The summed E-state index contributed by atoms with van der Waals surface area (Å²) in [5.74, 6) is 3.34. The summed E-state index contributed by atoms with van der Waals surface area (Å²) in [4.78, 5) is 27.5. The van der Waals surface area contributed by atoms with Crippen molar-refractivity contribution in [3.05, 3.63) is 156 Å². The van der Waals surface area contributed by atoms with Gasteiger partial charge in [0.2, 0.25) is 0 Å². The van der Waals surface area contributed by atoms with Crippen LogP contribution in [-0.4, -0.2) is 25.2 Å². The highest BCUT2D eigenvalue weighted by Gasteiger charge is 2.33. The van der Waals surface area contributed by atoms with Crippen LogP contribution in [0.25, 0.3) is 0 Å². The molecule has 0 radical (unpaired) electrons. The van der Waals surface area contributed by atoms with Crippen molar-refractivity contribution < 1.29 is 28.5 Å². The van der Waals surface area contributed by atoms with Crippen LogP contribution >= 0.6 is 0 Å². The van der Waals surface area contributed by atoms with E-state index in [-0.39, 0.29) is 0 Å². The number of esters is 2. The Bertz CT molecular complexity index is 1710. The lowest BCUT2D eigenvalue weighted by Crippen LogP contribution is -2.23. The van der Waals surface area contributed by atoms with Crippen molar-refractivity contribution in [2.45, 2.75) is 103 Å². The van der Waals surface area contributed by atoms with Crippen LogP contribution in [0.5, 0.6) is 11.5 Å². The van der Waals surface area contributed by atoms with E-state index in [0.29, 0.717) is 58.8 Å². The lowest BCUT2D eigenvalue weighted by Gasteiger charge is -2.28. The predicted molar refractivity (Wildman–Crippen MR) is 232 cm³/mol. The van der Waals surface area contributed by atoms with Gasteiger partial charge in [0.25, 0.3) is 0 Å². The van der Waals surface area contributed by atoms with Crippen LogP contribution in [0.2, 0.25) is 0 Å². The number of rotatable bonds is 19. The van der Waals surface area contributed by atoms with Gasteiger partial charge in [-0.15, -0.1) is 0 Å². The minimum Gasteiger partial charge on any atom is -0.490 e. The maximum atomic E-state index is 13.8. The van der Waals surface area contributed by atoms with E-state index in [1.807, 2.05) is 60.7 Å². The molecule has 4 aromatic rings. The highest BCUT2D eigenvalue weighted by molar-refractivity contribution is 5.90. The zero-order valence-corrected chi connectivity index (χ0v) is 34.5. The monoisotopic (exact) mass is 782 g/mol. The van der Waals surface area contributed by atoms with Gasteiger partial charge in [0.15, 0.2) is 12.2 Å². The summed E-state index contributed by atoms with van der Waals surface area (Å²) in [6.45, 7) is 5.51. The molecule has 0 N–H and O–H groups in total. The van der Waals surface area contributed by atoms with Crippen LogP contribution < -0.4 is 9.47 Å². The lowest BCUT2D eigenvalue weighted by atomic mass is 9.80. The fourth-order valence-corrected chi connectivity index (χ4v) is 8.58. The Morgan fingerprint density at radius 2 is 0.879 bits per heavy atom. The molecule has 2 atom stereocenters. The molecule has 6 heteroatoms. The van der Waals surface area contributed by atoms with Gasteiger partial charge >= 0.3 is 11.9 Å². The molecule has 0 bridgehead atoms. The molecule has 0 aromatic heterocycles. The zero-order chi connectivity index (χ0) is 40.4. The van der Waals surface area contributed by atoms with Crippen molar-refractivity contribution in [1.82, 2.24) is 0 Å². The first kappa shape index (κ1) is 42.5. The van der Waals surface area contributed by atoms with Crippen LogP contribution in [0.4, 0.5) is 0 Å². The summed E-state index contributed by atoms with van der Waals surface area (Å²) in [6.07, 6.45) is 22.6. The van der Waals surface area contributed by atoms with Crippen LogP contribution in [0.15, 0.2) is 133 Å². The molecule has 2 saturated carbocycles. The van der Waals surface area contributed by atoms with Gasteiger partial charge in [-0.25, -0.2) is 9.59 Å².